The van der Waals surface area contributed by atoms with Gasteiger partial charge in [-0.15, -0.1) is 0 Å². The predicted molar refractivity (Wildman–Crippen MR) is 73.7 cm³/mol. The van der Waals surface area contributed by atoms with Gasteiger partial charge in [-0.1, -0.05) is 6.92 Å². The zero-order valence-corrected chi connectivity index (χ0v) is 11.0. The quantitative estimate of drug-likeness (QED) is 0.792. The van der Waals surface area contributed by atoms with E-state index in [9.17, 15) is 4.39 Å². The van der Waals surface area contributed by atoms with Crippen LogP contribution in [0.15, 0.2) is 47.1 Å². The lowest BCUT2D eigenvalue weighted by Gasteiger charge is -2.13. The Morgan fingerprint density at radius 2 is 2.05 bits per heavy atom. The molecule has 0 saturated heterocycles. The van der Waals surface area contributed by atoms with E-state index in [0.29, 0.717) is 17.2 Å². The highest BCUT2D eigenvalue weighted by Gasteiger charge is 2.20. The van der Waals surface area contributed by atoms with Crippen LogP contribution in [0.3, 0.4) is 0 Å². The molecule has 0 fully saturated rings. The molecule has 2 heterocycles. The molecule has 2 aromatic heterocycles. The van der Waals surface area contributed by atoms with E-state index in [1.54, 1.807) is 24.5 Å². The van der Waals surface area contributed by atoms with E-state index in [-0.39, 0.29) is 11.9 Å². The number of furan rings is 1. The maximum absolute atomic E-state index is 13.2. The smallest absolute Gasteiger partial charge is 0.152 e. The molecule has 4 nitrogen and oxygen atoms in total. The number of rotatable bonds is 4. The molecule has 1 aromatic carbocycles. The summed E-state index contributed by atoms with van der Waals surface area (Å²) in [6.07, 6.45) is 3.38. The van der Waals surface area contributed by atoms with Gasteiger partial charge >= 0.3 is 0 Å². The van der Waals surface area contributed by atoms with Crippen LogP contribution >= 0.6 is 0 Å². The molecular formula is C15H14FN3O. The van der Waals surface area contributed by atoms with Crippen molar-refractivity contribution in [2.24, 2.45) is 0 Å². The second kappa shape index (κ2) is 5.38. The normalized spacial score (nSPS) is 12.7. The van der Waals surface area contributed by atoms with Crippen LogP contribution in [0.2, 0.25) is 0 Å². The molecule has 0 aliphatic rings. The lowest BCUT2D eigenvalue weighted by Crippen LogP contribution is -2.23. The highest BCUT2D eigenvalue weighted by molar-refractivity contribution is 5.78. The summed E-state index contributed by atoms with van der Waals surface area (Å²) in [6, 6.07) is 7.82. The SMILES string of the molecule is CCNC(c1ncccn1)c1cc2cc(F)ccc2o1. The molecule has 20 heavy (non-hydrogen) atoms. The van der Waals surface area contributed by atoms with E-state index < -0.39 is 0 Å². The van der Waals surface area contributed by atoms with Crippen LogP contribution in [-0.2, 0) is 0 Å². The Labute approximate surface area is 115 Å². The van der Waals surface area contributed by atoms with E-state index >= 15 is 0 Å². The number of nitrogens with zero attached hydrogens (tertiary/aromatic N) is 2. The molecule has 0 spiro atoms. The van der Waals surface area contributed by atoms with E-state index in [1.807, 2.05) is 13.0 Å². The molecule has 1 atom stereocenters. The van der Waals surface area contributed by atoms with E-state index in [4.69, 9.17) is 4.42 Å². The fourth-order valence-corrected chi connectivity index (χ4v) is 2.16. The molecule has 0 saturated carbocycles. The molecule has 3 aromatic rings. The topological polar surface area (TPSA) is 51.0 Å². The second-order valence-corrected chi connectivity index (χ2v) is 4.43. The summed E-state index contributed by atoms with van der Waals surface area (Å²) < 4.78 is 19.0. The van der Waals surface area contributed by atoms with Gasteiger partial charge in [0.25, 0.3) is 0 Å². The van der Waals surface area contributed by atoms with Gasteiger partial charge in [0, 0.05) is 17.8 Å². The fourth-order valence-electron chi connectivity index (χ4n) is 2.16. The van der Waals surface area contributed by atoms with Crippen molar-refractivity contribution in [1.82, 2.24) is 15.3 Å². The van der Waals surface area contributed by atoms with Crippen molar-refractivity contribution in [3.63, 3.8) is 0 Å². The molecule has 3 rings (SSSR count). The van der Waals surface area contributed by atoms with Gasteiger partial charge in [0.15, 0.2) is 5.82 Å². The van der Waals surface area contributed by atoms with E-state index in [0.717, 1.165) is 11.9 Å². The van der Waals surface area contributed by atoms with E-state index in [2.05, 4.69) is 15.3 Å². The number of benzene rings is 1. The van der Waals surface area contributed by atoms with Crippen LogP contribution in [0.4, 0.5) is 4.39 Å². The first kappa shape index (κ1) is 12.7. The lowest BCUT2D eigenvalue weighted by atomic mass is 10.2. The number of hydrogen-bond acceptors (Lipinski definition) is 4. The van der Waals surface area contributed by atoms with Crippen LogP contribution in [0.25, 0.3) is 11.0 Å². The summed E-state index contributed by atoms with van der Waals surface area (Å²) in [5.41, 5.74) is 0.653. The van der Waals surface area contributed by atoms with Crippen molar-refractivity contribution >= 4 is 11.0 Å². The molecule has 0 bridgehead atoms. The third-order valence-corrected chi connectivity index (χ3v) is 3.03. The van der Waals surface area contributed by atoms with Crippen LogP contribution in [0.5, 0.6) is 0 Å². The van der Waals surface area contributed by atoms with Gasteiger partial charge in [0.05, 0.1) is 0 Å². The summed E-state index contributed by atoms with van der Waals surface area (Å²) in [7, 11) is 0. The van der Waals surface area contributed by atoms with Crippen LogP contribution < -0.4 is 5.32 Å². The minimum Gasteiger partial charge on any atom is -0.459 e. The monoisotopic (exact) mass is 271 g/mol. The average Bonchev–Trinajstić information content (AvgIpc) is 2.88. The molecule has 5 heteroatoms. The average molecular weight is 271 g/mol. The number of hydrogen-bond donors (Lipinski definition) is 1. The summed E-state index contributed by atoms with van der Waals surface area (Å²) in [5, 5.41) is 4.01. The van der Waals surface area contributed by atoms with Crippen LogP contribution in [0.1, 0.15) is 24.6 Å². The molecule has 1 unspecified atom stereocenters. The Balaban J connectivity index is 2.05. The van der Waals surface area contributed by atoms with Crippen molar-refractivity contribution in [3.05, 3.63) is 60.1 Å². The Morgan fingerprint density at radius 1 is 1.25 bits per heavy atom. The molecule has 1 N–H and O–H groups in total. The Morgan fingerprint density at radius 3 is 2.80 bits per heavy atom. The van der Waals surface area contributed by atoms with Gasteiger partial charge in [0.1, 0.15) is 23.2 Å². The standard InChI is InChI=1S/C15H14FN3O/c1-2-17-14(15-18-6-3-7-19-15)13-9-10-8-11(16)4-5-12(10)20-13/h3-9,14,17H,2H2,1H3. The zero-order chi connectivity index (χ0) is 13.9. The first-order chi connectivity index (χ1) is 9.78. The van der Waals surface area contributed by atoms with Crippen molar-refractivity contribution in [2.75, 3.05) is 6.54 Å². The first-order valence-electron chi connectivity index (χ1n) is 6.47. The third-order valence-electron chi connectivity index (χ3n) is 3.03. The minimum atomic E-state index is -0.277. The van der Waals surface area contributed by atoms with Gasteiger partial charge in [0.2, 0.25) is 0 Å². The van der Waals surface area contributed by atoms with Crippen LogP contribution in [0, 0.1) is 5.82 Å². The summed E-state index contributed by atoms with van der Waals surface area (Å²) in [6.45, 7) is 2.74. The Kier molecular flexibility index (Phi) is 3.43. The maximum Gasteiger partial charge on any atom is 0.152 e. The van der Waals surface area contributed by atoms with Gasteiger partial charge < -0.3 is 9.73 Å². The first-order valence-corrected chi connectivity index (χ1v) is 6.47. The molecule has 0 radical (unpaired) electrons. The molecule has 0 aliphatic carbocycles. The predicted octanol–water partition coefficient (Wildman–Crippen LogP) is 3.06. The minimum absolute atomic E-state index is 0.239. The molecule has 0 aliphatic heterocycles. The number of aromatic nitrogens is 2. The number of halogens is 1. The summed E-state index contributed by atoms with van der Waals surface area (Å²) >= 11 is 0. The number of nitrogens with one attached hydrogen (secondary N) is 1. The van der Waals surface area contributed by atoms with Crippen molar-refractivity contribution in [1.29, 1.82) is 0 Å². The highest BCUT2D eigenvalue weighted by Crippen LogP contribution is 2.27. The Bertz CT molecular complexity index is 711. The zero-order valence-electron chi connectivity index (χ0n) is 11.0. The molecular weight excluding hydrogens is 257 g/mol. The fraction of sp³-hybridized carbons (Fsp3) is 0.200. The maximum atomic E-state index is 13.2. The second-order valence-electron chi connectivity index (χ2n) is 4.43. The van der Waals surface area contributed by atoms with Crippen molar-refractivity contribution < 1.29 is 8.81 Å². The largest absolute Gasteiger partial charge is 0.459 e. The van der Waals surface area contributed by atoms with Crippen molar-refractivity contribution in [2.45, 2.75) is 13.0 Å². The van der Waals surface area contributed by atoms with Gasteiger partial charge in [-0.2, -0.15) is 0 Å². The summed E-state index contributed by atoms with van der Waals surface area (Å²) in [4.78, 5) is 8.51. The lowest BCUT2D eigenvalue weighted by molar-refractivity contribution is 0.463. The molecule has 102 valence electrons. The van der Waals surface area contributed by atoms with Gasteiger partial charge in [-0.05, 0) is 36.9 Å². The van der Waals surface area contributed by atoms with Gasteiger partial charge in [-0.25, -0.2) is 14.4 Å². The van der Waals surface area contributed by atoms with Gasteiger partial charge in [-0.3, -0.25) is 0 Å². The number of fused-ring (bicyclic) bond motifs is 1. The Hall–Kier alpha value is -2.27. The summed E-state index contributed by atoms with van der Waals surface area (Å²) in [5.74, 6) is 1.04. The third kappa shape index (κ3) is 2.40. The van der Waals surface area contributed by atoms with Crippen molar-refractivity contribution in [3.8, 4) is 0 Å². The highest BCUT2D eigenvalue weighted by atomic mass is 19.1. The van der Waals surface area contributed by atoms with E-state index in [1.165, 1.54) is 12.1 Å². The molecule has 0 amide bonds. The van der Waals surface area contributed by atoms with Crippen LogP contribution in [-0.4, -0.2) is 16.5 Å².